The van der Waals surface area contributed by atoms with Crippen molar-refractivity contribution in [2.45, 2.75) is 205 Å². The normalized spacial score (nSPS) is 26.5. The van der Waals surface area contributed by atoms with Crippen molar-refractivity contribution in [2.75, 3.05) is 94.8 Å². The number of alkyl halides is 6. The molecule has 0 aliphatic carbocycles. The molecule has 12 atom stereocenters. The zero-order valence-corrected chi connectivity index (χ0v) is 62.7. The Morgan fingerprint density at radius 1 is 0.663 bits per heavy atom. The van der Waals surface area contributed by atoms with Crippen molar-refractivity contribution < 1.29 is 88.9 Å². The molecule has 32 heteroatoms. The standard InChI is InChI=1S/C72H105ClF6N12O13/c1-14-43(5)60-69(102)84(9)45(7)64(97)91-32-29-53(91)67(100)86(11)55(39-47-21-25-48(26-22-47)71(74,75)76)66(99)83(8)41-57(92)81-51(28-24-46-23-27-49(50(73)38-46)72(77,78)79)65(98)90-31-18-19-52(90)62(95)80-30-17-16-20-58(93)88(13)61(44(6)15-2)70(103)87(12)56(68(101)89-33-35-104-36-34-89)40-59(94)85(10)54(37-42(3)4)63(96)82-60/h21-23,25-27,38,42-45,51-56,60-61,63,82,96H,14-20,24,28-37,39-41H2,1-13H3,(H,80,95)(H,81,92)/t43-,44-,45-,51-,52-,53-,54-,55-,56-,60-,61-,63?/m0/s1. The van der Waals surface area contributed by atoms with Gasteiger partial charge in [0.2, 0.25) is 65.0 Å². The van der Waals surface area contributed by atoms with Gasteiger partial charge in [0.25, 0.3) is 0 Å². The number of aryl methyl sites for hydroxylation is 1. The summed E-state index contributed by atoms with van der Waals surface area (Å²) in [6.45, 7) is 12.4. The molecule has 0 saturated carbocycles. The topological polar surface area (TPSA) is 282 Å². The maximum Gasteiger partial charge on any atom is 0.417 e. The fraction of sp³-hybridized carbons (Fsp3) is 0.681. The number of carbonyl (C=O) groups excluding carboxylic acids is 11. The molecule has 4 saturated heterocycles. The highest BCUT2D eigenvalue weighted by Gasteiger charge is 2.47. The lowest BCUT2D eigenvalue weighted by atomic mass is 9.94. The Morgan fingerprint density at radius 2 is 1.29 bits per heavy atom. The minimum Gasteiger partial charge on any atom is -0.378 e. The summed E-state index contributed by atoms with van der Waals surface area (Å²) in [6.07, 6.45) is -10.5. The molecule has 4 aliphatic heterocycles. The molecule has 2 aromatic rings. The Balaban J connectivity index is 1.38. The molecule has 4 aliphatic rings. The summed E-state index contributed by atoms with van der Waals surface area (Å²) in [5.41, 5.74) is -1.70. The number of ether oxygens (including phenoxy) is 1. The molecule has 580 valence electrons. The monoisotopic (exact) mass is 1490 g/mol. The minimum atomic E-state index is -4.79. The fourth-order valence-electron chi connectivity index (χ4n) is 13.7. The van der Waals surface area contributed by atoms with E-state index in [1.807, 2.05) is 27.7 Å². The Hall–Kier alpha value is -7.64. The summed E-state index contributed by atoms with van der Waals surface area (Å²) in [6, 6.07) is -4.54. The second-order valence-electron chi connectivity index (χ2n) is 28.5. The molecular weight excluding hydrogens is 1390 g/mol. The van der Waals surface area contributed by atoms with Crippen LogP contribution in [0.3, 0.4) is 0 Å². The van der Waals surface area contributed by atoms with Crippen LogP contribution < -0.4 is 16.0 Å². The zero-order chi connectivity index (χ0) is 77.6. The average Bonchev–Trinajstić information content (AvgIpc) is 0.895. The van der Waals surface area contributed by atoms with Gasteiger partial charge in [0.1, 0.15) is 48.5 Å². The number of hydrogen-bond donors (Lipinski definition) is 4. The van der Waals surface area contributed by atoms with Gasteiger partial charge in [0.15, 0.2) is 0 Å². The lowest BCUT2D eigenvalue weighted by Crippen LogP contribution is -2.65. The molecule has 1 unspecified atom stereocenters. The van der Waals surface area contributed by atoms with E-state index in [9.17, 15) is 79.4 Å². The number of nitrogens with one attached hydrogen (secondary N) is 3. The number of aliphatic hydroxyl groups excluding tert-OH is 1. The third-order valence-corrected chi connectivity index (χ3v) is 21.2. The van der Waals surface area contributed by atoms with Crippen LogP contribution in [0.5, 0.6) is 0 Å². The Morgan fingerprint density at radius 3 is 1.87 bits per heavy atom. The highest BCUT2D eigenvalue weighted by Crippen LogP contribution is 2.36. The third-order valence-electron chi connectivity index (χ3n) is 20.9. The maximum atomic E-state index is 15.1. The largest absolute Gasteiger partial charge is 0.417 e. The SMILES string of the molecule is CC[C@H](C)[C@@H]1NC(O)[C@H](CC(C)C)N(C)C(=O)C[C@@H](C(=O)N2CCOCC2)N(C)C(=O)[C@H]([C@@H](C)CC)N(C)C(=O)CCCCNC(=O)[C@@H]2CCCN2C(=O)[C@H](CCc2ccc(C(F)(F)F)c(Cl)c2)NC(=O)CN(C)C(=O)[C@H](Cc2ccc(C(F)(F)F)cc2)N(C)C(=O)[C@@H]2CCN2C(=O)[C@H](C)N(C)C1=O. The van der Waals surface area contributed by atoms with Crippen LogP contribution in [0.4, 0.5) is 26.3 Å². The number of likely N-dealkylation sites (N-methyl/N-ethyl adjacent to an activating group) is 6. The van der Waals surface area contributed by atoms with Crippen LogP contribution in [-0.4, -0.2) is 270 Å². The molecule has 4 N–H and O–H groups in total. The van der Waals surface area contributed by atoms with Crippen molar-refractivity contribution in [2.24, 2.45) is 17.8 Å². The number of carbonyl (C=O) groups is 11. The number of hydrogen-bond acceptors (Lipinski definition) is 14. The fourth-order valence-corrected chi connectivity index (χ4v) is 14.0. The van der Waals surface area contributed by atoms with Gasteiger partial charge in [-0.1, -0.05) is 84.2 Å². The highest BCUT2D eigenvalue weighted by atomic mass is 35.5. The van der Waals surface area contributed by atoms with Crippen LogP contribution in [-0.2, 0) is 82.7 Å². The molecule has 104 heavy (non-hydrogen) atoms. The summed E-state index contributed by atoms with van der Waals surface area (Å²) in [4.78, 5) is 172. The number of rotatable bonds is 12. The molecular formula is C72H105ClF6N12O13. The summed E-state index contributed by atoms with van der Waals surface area (Å²) in [5, 5.41) is 20.2. The van der Waals surface area contributed by atoms with E-state index >= 15 is 4.79 Å². The molecule has 6 rings (SSSR count). The predicted molar refractivity (Wildman–Crippen MR) is 373 cm³/mol. The smallest absolute Gasteiger partial charge is 0.378 e. The minimum absolute atomic E-state index is 0.0166. The van der Waals surface area contributed by atoms with E-state index in [0.717, 1.165) is 57.2 Å². The number of benzene rings is 2. The van der Waals surface area contributed by atoms with E-state index in [4.69, 9.17) is 16.3 Å². The second-order valence-corrected chi connectivity index (χ2v) is 29.0. The van der Waals surface area contributed by atoms with E-state index in [1.54, 1.807) is 13.8 Å². The van der Waals surface area contributed by atoms with Crippen molar-refractivity contribution in [3.63, 3.8) is 0 Å². The molecule has 4 fully saturated rings. The van der Waals surface area contributed by atoms with Gasteiger partial charge >= 0.3 is 12.4 Å². The first-order chi connectivity index (χ1) is 48.7. The van der Waals surface area contributed by atoms with E-state index in [-0.39, 0.29) is 114 Å². The van der Waals surface area contributed by atoms with E-state index in [2.05, 4.69) is 16.0 Å². The van der Waals surface area contributed by atoms with E-state index in [1.165, 1.54) is 78.6 Å². The first-order valence-corrected chi connectivity index (χ1v) is 36.2. The zero-order valence-electron chi connectivity index (χ0n) is 61.9. The van der Waals surface area contributed by atoms with Crippen LogP contribution in [0, 0.1) is 17.8 Å². The van der Waals surface area contributed by atoms with E-state index in [0.29, 0.717) is 19.3 Å². The van der Waals surface area contributed by atoms with Gasteiger partial charge in [-0.15, -0.1) is 0 Å². The van der Waals surface area contributed by atoms with Crippen molar-refractivity contribution in [3.8, 4) is 0 Å². The Labute approximate surface area is 610 Å². The van der Waals surface area contributed by atoms with Gasteiger partial charge in [0.05, 0.1) is 54.4 Å². The quantitative estimate of drug-likeness (QED) is 0.199. The Bertz CT molecular complexity index is 3360. The number of aliphatic hydroxyl groups is 1. The van der Waals surface area contributed by atoms with Crippen molar-refractivity contribution in [1.82, 2.24) is 60.0 Å². The molecule has 11 amide bonds. The maximum absolute atomic E-state index is 15.1. The van der Waals surface area contributed by atoms with Crippen molar-refractivity contribution in [1.29, 1.82) is 0 Å². The van der Waals surface area contributed by atoms with Gasteiger partial charge in [-0.05, 0) is 111 Å². The van der Waals surface area contributed by atoms with Crippen LogP contribution in [0.1, 0.15) is 141 Å². The molecule has 2 aromatic carbocycles. The summed E-state index contributed by atoms with van der Waals surface area (Å²) in [5.74, 6) is -8.67. The number of fused-ring (bicyclic) bond motifs is 2. The second kappa shape index (κ2) is 37.6. The number of halogens is 7. The molecule has 25 nitrogen and oxygen atoms in total. The van der Waals surface area contributed by atoms with Gasteiger partial charge < -0.3 is 64.6 Å². The van der Waals surface area contributed by atoms with Crippen LogP contribution in [0.25, 0.3) is 0 Å². The number of morpholine rings is 1. The molecule has 4 heterocycles. The molecule has 0 spiro atoms. The lowest BCUT2D eigenvalue weighted by molar-refractivity contribution is -0.160. The van der Waals surface area contributed by atoms with Gasteiger partial charge in [0, 0.05) is 87.9 Å². The van der Waals surface area contributed by atoms with Crippen LogP contribution in [0.2, 0.25) is 5.02 Å². The first kappa shape index (κ1) is 85.3. The van der Waals surface area contributed by atoms with Gasteiger partial charge in [-0.25, -0.2) is 0 Å². The summed E-state index contributed by atoms with van der Waals surface area (Å²) < 4.78 is 88.3. The highest BCUT2D eigenvalue weighted by molar-refractivity contribution is 6.31. The van der Waals surface area contributed by atoms with Gasteiger partial charge in [-0.3, -0.25) is 58.1 Å². The molecule has 0 bridgehead atoms. The number of amides is 11. The van der Waals surface area contributed by atoms with Crippen molar-refractivity contribution in [3.05, 3.63) is 69.7 Å². The molecule has 0 radical (unpaired) electrons. The predicted octanol–water partition coefficient (Wildman–Crippen LogP) is 5.21. The van der Waals surface area contributed by atoms with Gasteiger partial charge in [-0.2, -0.15) is 26.3 Å². The lowest BCUT2D eigenvalue weighted by Gasteiger charge is -2.45. The van der Waals surface area contributed by atoms with Crippen LogP contribution >= 0.6 is 11.6 Å². The summed E-state index contributed by atoms with van der Waals surface area (Å²) >= 11 is 6.08. The van der Waals surface area contributed by atoms with Crippen molar-refractivity contribution >= 4 is 76.6 Å². The average molecular weight is 1500 g/mol. The van der Waals surface area contributed by atoms with Crippen LogP contribution in [0.15, 0.2) is 42.5 Å². The van der Waals surface area contributed by atoms with E-state index < -0.39 is 185 Å². The molecule has 0 aromatic heterocycles. The summed E-state index contributed by atoms with van der Waals surface area (Å²) in [7, 11) is 8.17. The third kappa shape index (κ3) is 21.5. The Kier molecular flexibility index (Phi) is 30.8. The first-order valence-electron chi connectivity index (χ1n) is 35.8. The number of nitrogens with zero attached hydrogens (tertiary/aromatic N) is 9.